The standard InChI is InChI=1S/C20H36N8O6S/c1-35-9-6-12(16(30)27-13(19(33)34)10-15(22)29)26-17(31)14-5-3-8-28(14)18(32)11(21)4-2-7-25-20(23)24/h11-14H,2-10,21H2,1H3,(H2,22,29)(H,26,31)(H,27,30)(H,33,34)(H4,23,24,25). The second-order valence-electron chi connectivity index (χ2n) is 8.16. The van der Waals surface area contributed by atoms with Gasteiger partial charge in [0.15, 0.2) is 5.96 Å². The van der Waals surface area contributed by atoms with Crippen LogP contribution in [0, 0.1) is 0 Å². The van der Waals surface area contributed by atoms with E-state index in [0.717, 1.165) is 0 Å². The van der Waals surface area contributed by atoms with Crippen LogP contribution in [-0.4, -0.2) is 94.8 Å². The number of carbonyl (C=O) groups is 5. The Morgan fingerprint density at radius 3 is 2.37 bits per heavy atom. The molecule has 0 aliphatic carbocycles. The normalized spacial score (nSPS) is 17.7. The summed E-state index contributed by atoms with van der Waals surface area (Å²) in [7, 11) is 0. The summed E-state index contributed by atoms with van der Waals surface area (Å²) < 4.78 is 0. The molecule has 1 fully saturated rings. The Balaban J connectivity index is 2.83. The lowest BCUT2D eigenvalue weighted by Crippen LogP contribution is -2.57. The lowest BCUT2D eigenvalue weighted by molar-refractivity contribution is -0.144. The molecule has 1 heterocycles. The molecule has 1 aliphatic rings. The van der Waals surface area contributed by atoms with Gasteiger partial charge in [-0.15, -0.1) is 0 Å². The van der Waals surface area contributed by atoms with Crippen LogP contribution in [0.1, 0.15) is 38.5 Å². The van der Waals surface area contributed by atoms with Crippen LogP contribution in [0.15, 0.2) is 4.99 Å². The minimum atomic E-state index is -1.52. The molecule has 0 radical (unpaired) electrons. The van der Waals surface area contributed by atoms with E-state index < -0.39 is 54.3 Å². The van der Waals surface area contributed by atoms with Crippen molar-refractivity contribution in [3.63, 3.8) is 0 Å². The third-order valence-electron chi connectivity index (χ3n) is 5.39. The molecular weight excluding hydrogens is 480 g/mol. The highest BCUT2D eigenvalue weighted by Gasteiger charge is 2.37. The fourth-order valence-corrected chi connectivity index (χ4v) is 4.08. The van der Waals surface area contributed by atoms with Gasteiger partial charge >= 0.3 is 5.97 Å². The molecule has 15 heteroatoms. The molecule has 4 amide bonds. The Kier molecular flexibility index (Phi) is 12.9. The number of hydrogen-bond acceptors (Lipinski definition) is 8. The number of rotatable bonds is 15. The van der Waals surface area contributed by atoms with E-state index in [-0.39, 0.29) is 18.3 Å². The van der Waals surface area contributed by atoms with Gasteiger partial charge in [0.05, 0.1) is 12.5 Å². The van der Waals surface area contributed by atoms with E-state index in [2.05, 4.69) is 15.6 Å². The summed E-state index contributed by atoms with van der Waals surface area (Å²) in [5.41, 5.74) is 21.6. The van der Waals surface area contributed by atoms with Gasteiger partial charge < -0.3 is 43.6 Å². The van der Waals surface area contributed by atoms with Gasteiger partial charge in [-0.3, -0.25) is 24.2 Å². The maximum Gasteiger partial charge on any atom is 0.326 e. The summed E-state index contributed by atoms with van der Waals surface area (Å²) in [6.07, 6.45) is 3.25. The molecule has 1 saturated heterocycles. The van der Waals surface area contributed by atoms with Crippen molar-refractivity contribution in [2.45, 2.75) is 62.7 Å². The third kappa shape index (κ3) is 10.4. The van der Waals surface area contributed by atoms with Gasteiger partial charge in [0.2, 0.25) is 23.6 Å². The molecule has 0 saturated carbocycles. The lowest BCUT2D eigenvalue weighted by atomic mass is 10.1. The number of guanidine groups is 1. The highest BCUT2D eigenvalue weighted by Crippen LogP contribution is 2.19. The van der Waals surface area contributed by atoms with Crippen molar-refractivity contribution in [3.8, 4) is 0 Å². The van der Waals surface area contributed by atoms with E-state index >= 15 is 0 Å². The van der Waals surface area contributed by atoms with Gasteiger partial charge in [-0.05, 0) is 44.1 Å². The molecule has 14 nitrogen and oxygen atoms in total. The molecule has 35 heavy (non-hydrogen) atoms. The summed E-state index contributed by atoms with van der Waals surface area (Å²) in [6.45, 7) is 0.673. The van der Waals surface area contributed by atoms with Gasteiger partial charge in [0, 0.05) is 13.1 Å². The molecule has 0 aromatic carbocycles. The SMILES string of the molecule is CSCCC(NC(=O)C1CCCN1C(=O)C(N)CCCN=C(N)N)C(=O)NC(CC(N)=O)C(=O)O. The summed E-state index contributed by atoms with van der Waals surface area (Å²) in [5.74, 6) is -3.54. The fraction of sp³-hybridized carbons (Fsp3) is 0.700. The molecule has 1 aliphatic heterocycles. The van der Waals surface area contributed by atoms with Crippen LogP contribution >= 0.6 is 11.8 Å². The Bertz CT molecular complexity index is 806. The van der Waals surface area contributed by atoms with E-state index in [1.54, 1.807) is 0 Å². The zero-order chi connectivity index (χ0) is 26.5. The number of aliphatic imine (C=N–C) groups is 1. The number of amides is 4. The zero-order valence-corrected chi connectivity index (χ0v) is 20.6. The smallest absolute Gasteiger partial charge is 0.326 e. The summed E-state index contributed by atoms with van der Waals surface area (Å²) in [5, 5.41) is 14.1. The number of carbonyl (C=O) groups excluding carboxylic acids is 4. The molecular formula is C20H36N8O6S. The first-order valence-electron chi connectivity index (χ1n) is 11.2. The number of aliphatic carboxylic acids is 1. The first kappa shape index (κ1) is 30.0. The van der Waals surface area contributed by atoms with Crippen molar-refractivity contribution in [1.82, 2.24) is 15.5 Å². The lowest BCUT2D eigenvalue weighted by Gasteiger charge is -2.28. The van der Waals surface area contributed by atoms with E-state index in [1.165, 1.54) is 16.7 Å². The number of nitrogens with two attached hydrogens (primary N) is 4. The first-order valence-corrected chi connectivity index (χ1v) is 12.6. The third-order valence-corrected chi connectivity index (χ3v) is 6.03. The number of nitrogens with one attached hydrogen (secondary N) is 2. The number of primary amides is 1. The predicted molar refractivity (Wildman–Crippen MR) is 131 cm³/mol. The molecule has 4 unspecified atom stereocenters. The first-order chi connectivity index (χ1) is 16.5. The Morgan fingerprint density at radius 1 is 1.11 bits per heavy atom. The van der Waals surface area contributed by atoms with Crippen molar-refractivity contribution in [2.75, 3.05) is 25.1 Å². The minimum absolute atomic E-state index is 0.0504. The van der Waals surface area contributed by atoms with Crippen LogP contribution in [0.5, 0.6) is 0 Å². The highest BCUT2D eigenvalue weighted by atomic mass is 32.2. The van der Waals surface area contributed by atoms with Crippen molar-refractivity contribution in [1.29, 1.82) is 0 Å². The zero-order valence-electron chi connectivity index (χ0n) is 19.8. The van der Waals surface area contributed by atoms with Gasteiger partial charge in [-0.25, -0.2) is 4.79 Å². The van der Waals surface area contributed by atoms with E-state index in [4.69, 9.17) is 22.9 Å². The van der Waals surface area contributed by atoms with Gasteiger partial charge in [-0.1, -0.05) is 0 Å². The monoisotopic (exact) mass is 516 g/mol. The van der Waals surface area contributed by atoms with E-state index in [1.807, 2.05) is 6.26 Å². The maximum absolute atomic E-state index is 13.0. The second kappa shape index (κ2) is 15.0. The Labute approximate surface area is 208 Å². The molecule has 1 rings (SSSR count). The van der Waals surface area contributed by atoms with Crippen molar-refractivity contribution in [2.24, 2.45) is 27.9 Å². The van der Waals surface area contributed by atoms with Gasteiger partial charge in [0.1, 0.15) is 18.1 Å². The Morgan fingerprint density at radius 2 is 1.80 bits per heavy atom. The largest absolute Gasteiger partial charge is 0.480 e. The van der Waals surface area contributed by atoms with Crippen LogP contribution in [0.4, 0.5) is 0 Å². The number of hydrogen-bond donors (Lipinski definition) is 7. The number of carboxylic acid groups (broad SMARTS) is 1. The topological polar surface area (TPSA) is 249 Å². The average molecular weight is 517 g/mol. The summed E-state index contributed by atoms with van der Waals surface area (Å²) >= 11 is 1.44. The average Bonchev–Trinajstić information content (AvgIpc) is 3.27. The fourth-order valence-electron chi connectivity index (χ4n) is 3.60. The van der Waals surface area contributed by atoms with Gasteiger partial charge in [-0.2, -0.15) is 11.8 Å². The minimum Gasteiger partial charge on any atom is -0.480 e. The number of likely N-dealkylation sites (tertiary alicyclic amines) is 1. The van der Waals surface area contributed by atoms with Crippen LogP contribution in [0.2, 0.25) is 0 Å². The van der Waals surface area contributed by atoms with E-state index in [0.29, 0.717) is 44.5 Å². The van der Waals surface area contributed by atoms with Gasteiger partial charge in [0.25, 0.3) is 0 Å². The molecule has 11 N–H and O–H groups in total. The van der Waals surface area contributed by atoms with Crippen molar-refractivity contribution < 1.29 is 29.1 Å². The Hall–Kier alpha value is -3.07. The van der Waals surface area contributed by atoms with Crippen LogP contribution in [0.25, 0.3) is 0 Å². The number of carboxylic acids is 1. The summed E-state index contributed by atoms with van der Waals surface area (Å²) in [6, 6.07) is -4.22. The number of thioether (sulfide) groups is 1. The maximum atomic E-state index is 13.0. The van der Waals surface area contributed by atoms with Crippen molar-refractivity contribution >= 4 is 47.3 Å². The van der Waals surface area contributed by atoms with E-state index in [9.17, 15) is 29.1 Å². The predicted octanol–water partition coefficient (Wildman–Crippen LogP) is -2.96. The molecule has 0 bridgehead atoms. The highest BCUT2D eigenvalue weighted by molar-refractivity contribution is 7.98. The molecule has 198 valence electrons. The van der Waals surface area contributed by atoms with Crippen LogP contribution in [0.3, 0.4) is 0 Å². The second-order valence-corrected chi connectivity index (χ2v) is 9.14. The molecule has 0 aromatic rings. The van der Waals surface area contributed by atoms with Crippen LogP contribution < -0.4 is 33.6 Å². The van der Waals surface area contributed by atoms with Crippen molar-refractivity contribution in [3.05, 3.63) is 0 Å². The quantitative estimate of drug-likeness (QED) is 0.0661. The molecule has 0 spiro atoms. The molecule has 4 atom stereocenters. The molecule has 0 aromatic heterocycles. The summed E-state index contributed by atoms with van der Waals surface area (Å²) in [4.78, 5) is 66.3. The van der Waals surface area contributed by atoms with Crippen LogP contribution in [-0.2, 0) is 24.0 Å². The number of nitrogens with zero attached hydrogens (tertiary/aromatic N) is 2.